The molecule has 2 nitrogen and oxygen atoms in total. The highest BCUT2D eigenvalue weighted by Gasteiger charge is 2.03. The first-order chi connectivity index (χ1) is 8.06. The van der Waals surface area contributed by atoms with E-state index in [9.17, 15) is 4.79 Å². The Bertz CT molecular complexity index is 584. The number of aryl methyl sites for hydroxylation is 2. The Balaban J connectivity index is 2.36. The second-order valence-electron chi connectivity index (χ2n) is 4.28. The van der Waals surface area contributed by atoms with E-state index in [1.54, 1.807) is 4.57 Å². The summed E-state index contributed by atoms with van der Waals surface area (Å²) in [4.78, 5) is 11.9. The Morgan fingerprint density at radius 2 is 1.76 bits per heavy atom. The van der Waals surface area contributed by atoms with Gasteiger partial charge in [0.25, 0.3) is 5.56 Å². The number of halogens is 1. The molecule has 0 aliphatic heterocycles. The highest BCUT2D eigenvalue weighted by atomic mass is 79.9. The van der Waals surface area contributed by atoms with Gasteiger partial charge in [0.2, 0.25) is 0 Å². The quantitative estimate of drug-likeness (QED) is 0.832. The van der Waals surface area contributed by atoms with Crippen molar-refractivity contribution in [2.45, 2.75) is 20.4 Å². The highest BCUT2D eigenvalue weighted by molar-refractivity contribution is 9.10. The zero-order valence-electron chi connectivity index (χ0n) is 9.90. The van der Waals surface area contributed by atoms with Crippen molar-refractivity contribution in [3.05, 3.63) is 68.0 Å². The lowest BCUT2D eigenvalue weighted by molar-refractivity contribution is 0.749. The molecule has 0 N–H and O–H groups in total. The zero-order valence-corrected chi connectivity index (χ0v) is 11.5. The van der Waals surface area contributed by atoms with Gasteiger partial charge in [-0.3, -0.25) is 4.79 Å². The van der Waals surface area contributed by atoms with Crippen LogP contribution in [0.3, 0.4) is 0 Å². The first-order valence-corrected chi connectivity index (χ1v) is 6.28. The monoisotopic (exact) mass is 291 g/mol. The van der Waals surface area contributed by atoms with E-state index in [1.165, 1.54) is 5.56 Å². The lowest BCUT2D eigenvalue weighted by atomic mass is 10.1. The van der Waals surface area contributed by atoms with Gasteiger partial charge in [0.1, 0.15) is 0 Å². The second-order valence-corrected chi connectivity index (χ2v) is 5.14. The molecule has 0 saturated heterocycles. The van der Waals surface area contributed by atoms with Crippen LogP contribution in [0, 0.1) is 13.8 Å². The molecule has 1 aromatic carbocycles. The van der Waals surface area contributed by atoms with Crippen molar-refractivity contribution >= 4 is 15.9 Å². The summed E-state index contributed by atoms with van der Waals surface area (Å²) < 4.78 is 2.34. The fourth-order valence-corrected chi connectivity index (χ4v) is 2.34. The summed E-state index contributed by atoms with van der Waals surface area (Å²) in [5.74, 6) is 0. The predicted molar refractivity (Wildman–Crippen MR) is 73.4 cm³/mol. The van der Waals surface area contributed by atoms with Crippen LogP contribution in [-0.4, -0.2) is 4.57 Å². The van der Waals surface area contributed by atoms with E-state index in [1.807, 2.05) is 19.2 Å². The lowest BCUT2D eigenvalue weighted by Crippen LogP contribution is -2.21. The molecule has 2 aromatic rings. The van der Waals surface area contributed by atoms with Gasteiger partial charge in [-0.1, -0.05) is 29.8 Å². The molecule has 0 atom stereocenters. The van der Waals surface area contributed by atoms with E-state index in [4.69, 9.17) is 0 Å². The van der Waals surface area contributed by atoms with E-state index < -0.39 is 0 Å². The van der Waals surface area contributed by atoms with Crippen LogP contribution in [0.4, 0.5) is 0 Å². The fourth-order valence-electron chi connectivity index (χ4n) is 1.75. The summed E-state index contributed by atoms with van der Waals surface area (Å²) >= 11 is 3.29. The van der Waals surface area contributed by atoms with Crippen molar-refractivity contribution in [3.63, 3.8) is 0 Å². The molecule has 0 radical (unpaired) electrons. The minimum atomic E-state index is 0.0103. The van der Waals surface area contributed by atoms with Crippen molar-refractivity contribution in [1.29, 1.82) is 0 Å². The van der Waals surface area contributed by atoms with Crippen LogP contribution in [0.15, 0.2) is 45.8 Å². The molecule has 0 aliphatic carbocycles. The molecule has 1 heterocycles. The number of benzene rings is 1. The molecule has 0 bridgehead atoms. The Labute approximate surface area is 109 Å². The molecule has 0 fully saturated rings. The molecule has 0 saturated carbocycles. The standard InChI is InChI=1S/C14H14BrNO/c1-10-3-5-12(6-4-10)9-16-8-11(2)7-13(15)14(16)17/h3-8H,9H2,1-2H3. The fraction of sp³-hybridized carbons (Fsp3) is 0.214. The minimum absolute atomic E-state index is 0.0103. The van der Waals surface area contributed by atoms with E-state index in [0.717, 1.165) is 11.1 Å². The Morgan fingerprint density at radius 3 is 2.41 bits per heavy atom. The summed E-state index contributed by atoms with van der Waals surface area (Å²) in [5, 5.41) is 0. The van der Waals surface area contributed by atoms with Gasteiger partial charge in [0.15, 0.2) is 0 Å². The van der Waals surface area contributed by atoms with Gasteiger partial charge in [-0.25, -0.2) is 0 Å². The van der Waals surface area contributed by atoms with Gasteiger partial charge in [-0.2, -0.15) is 0 Å². The van der Waals surface area contributed by atoms with Crippen LogP contribution in [0.2, 0.25) is 0 Å². The van der Waals surface area contributed by atoms with E-state index in [2.05, 4.69) is 47.1 Å². The van der Waals surface area contributed by atoms with E-state index in [-0.39, 0.29) is 5.56 Å². The van der Waals surface area contributed by atoms with E-state index in [0.29, 0.717) is 11.0 Å². The van der Waals surface area contributed by atoms with Gasteiger partial charge >= 0.3 is 0 Å². The molecule has 0 unspecified atom stereocenters. The highest BCUT2D eigenvalue weighted by Crippen LogP contribution is 2.09. The Morgan fingerprint density at radius 1 is 1.12 bits per heavy atom. The number of rotatable bonds is 2. The third kappa shape index (κ3) is 2.86. The molecule has 2 rings (SSSR count). The second kappa shape index (κ2) is 4.88. The van der Waals surface area contributed by atoms with Crippen LogP contribution in [-0.2, 0) is 6.54 Å². The number of nitrogens with zero attached hydrogens (tertiary/aromatic N) is 1. The van der Waals surface area contributed by atoms with Gasteiger partial charge in [0, 0.05) is 6.20 Å². The summed E-state index contributed by atoms with van der Waals surface area (Å²) in [6, 6.07) is 10.1. The van der Waals surface area contributed by atoms with Crippen molar-refractivity contribution in [2.75, 3.05) is 0 Å². The van der Waals surface area contributed by atoms with Gasteiger partial charge in [-0.15, -0.1) is 0 Å². The predicted octanol–water partition coefficient (Wildman–Crippen LogP) is 3.28. The average molecular weight is 292 g/mol. The molecular weight excluding hydrogens is 278 g/mol. The Hall–Kier alpha value is -1.35. The first-order valence-electron chi connectivity index (χ1n) is 5.48. The molecule has 17 heavy (non-hydrogen) atoms. The molecule has 0 amide bonds. The lowest BCUT2D eigenvalue weighted by Gasteiger charge is -2.08. The van der Waals surface area contributed by atoms with E-state index >= 15 is 0 Å². The van der Waals surface area contributed by atoms with Crippen LogP contribution in [0.1, 0.15) is 16.7 Å². The minimum Gasteiger partial charge on any atom is -0.310 e. The van der Waals surface area contributed by atoms with Crippen molar-refractivity contribution in [2.24, 2.45) is 0 Å². The maximum absolute atomic E-state index is 11.9. The largest absolute Gasteiger partial charge is 0.310 e. The van der Waals surface area contributed by atoms with Crippen LogP contribution in [0.5, 0.6) is 0 Å². The SMILES string of the molecule is Cc1ccc(Cn2cc(C)cc(Br)c2=O)cc1. The number of hydrogen-bond acceptors (Lipinski definition) is 1. The molecule has 3 heteroatoms. The third-order valence-corrected chi connectivity index (χ3v) is 3.22. The summed E-state index contributed by atoms with van der Waals surface area (Å²) in [5.41, 5.74) is 3.45. The average Bonchev–Trinajstić information content (AvgIpc) is 2.28. The number of hydrogen-bond donors (Lipinski definition) is 0. The zero-order chi connectivity index (χ0) is 12.4. The summed E-state index contributed by atoms with van der Waals surface area (Å²) in [7, 11) is 0. The molecular formula is C14H14BrNO. The first kappa shape index (κ1) is 12.1. The maximum atomic E-state index is 11.9. The van der Waals surface area contributed by atoms with Gasteiger partial charge < -0.3 is 4.57 Å². The number of pyridine rings is 1. The van der Waals surface area contributed by atoms with Crippen molar-refractivity contribution < 1.29 is 0 Å². The van der Waals surface area contributed by atoms with Gasteiger partial charge in [0.05, 0.1) is 11.0 Å². The molecule has 0 spiro atoms. The van der Waals surface area contributed by atoms with Crippen molar-refractivity contribution in [3.8, 4) is 0 Å². The van der Waals surface area contributed by atoms with Crippen molar-refractivity contribution in [1.82, 2.24) is 4.57 Å². The van der Waals surface area contributed by atoms with Crippen LogP contribution in [0.25, 0.3) is 0 Å². The summed E-state index contributed by atoms with van der Waals surface area (Å²) in [6.45, 7) is 4.65. The smallest absolute Gasteiger partial charge is 0.265 e. The molecule has 88 valence electrons. The van der Waals surface area contributed by atoms with Crippen LogP contribution >= 0.6 is 15.9 Å². The molecule has 0 aliphatic rings. The normalized spacial score (nSPS) is 10.5. The topological polar surface area (TPSA) is 22.0 Å². The Kier molecular flexibility index (Phi) is 3.48. The number of aromatic nitrogens is 1. The maximum Gasteiger partial charge on any atom is 0.265 e. The summed E-state index contributed by atoms with van der Waals surface area (Å²) in [6.07, 6.45) is 1.88. The van der Waals surface area contributed by atoms with Gasteiger partial charge in [-0.05, 0) is 47.0 Å². The third-order valence-electron chi connectivity index (χ3n) is 2.65. The molecule has 1 aromatic heterocycles. The van der Waals surface area contributed by atoms with Crippen LogP contribution < -0.4 is 5.56 Å².